The Morgan fingerprint density at radius 1 is 1.22 bits per heavy atom. The summed E-state index contributed by atoms with van der Waals surface area (Å²) in [7, 11) is 1.73. The summed E-state index contributed by atoms with van der Waals surface area (Å²) in [6, 6.07) is 11.2. The average molecular weight is 545 g/mol. The molecule has 1 fully saturated rings. The molecule has 2 aromatic rings. The third-order valence-corrected chi connectivity index (χ3v) is 7.73. The summed E-state index contributed by atoms with van der Waals surface area (Å²) in [5, 5.41) is 7.19. The van der Waals surface area contributed by atoms with Crippen LogP contribution in [0.2, 0.25) is 10.0 Å². The molecular formula is C28H31Cl2N3O2S. The zero-order valence-corrected chi connectivity index (χ0v) is 23.2. The highest BCUT2D eigenvalue weighted by Gasteiger charge is 2.25. The molecule has 0 saturated heterocycles. The van der Waals surface area contributed by atoms with Crippen molar-refractivity contribution in [2.45, 2.75) is 44.3 Å². The predicted molar refractivity (Wildman–Crippen MR) is 152 cm³/mol. The molecule has 5 nitrogen and oxygen atoms in total. The van der Waals surface area contributed by atoms with Gasteiger partial charge in [-0.25, -0.2) is 0 Å². The van der Waals surface area contributed by atoms with Crippen molar-refractivity contribution >= 4 is 58.0 Å². The number of allylic oxidation sites excluding steroid dienone is 2. The van der Waals surface area contributed by atoms with Crippen LogP contribution < -0.4 is 16.4 Å². The fourth-order valence-corrected chi connectivity index (χ4v) is 5.27. The molecule has 4 rings (SSSR count). The molecule has 2 amide bonds. The molecule has 0 atom stereocenters. The molecule has 2 aliphatic rings. The van der Waals surface area contributed by atoms with Crippen LogP contribution in [0.15, 0.2) is 70.3 Å². The molecule has 2 aromatic carbocycles. The van der Waals surface area contributed by atoms with Crippen molar-refractivity contribution in [1.29, 1.82) is 0 Å². The van der Waals surface area contributed by atoms with E-state index in [1.54, 1.807) is 44.8 Å². The van der Waals surface area contributed by atoms with Gasteiger partial charge < -0.3 is 16.4 Å². The van der Waals surface area contributed by atoms with Crippen molar-refractivity contribution in [1.82, 2.24) is 5.32 Å². The number of likely N-dealkylation sites (N-methyl/N-ethyl adjacent to an activating group) is 1. The SMILES string of the molecule is C/C=C(C(N)=O)/C(C)=C(/C=C1\C(=O)Nc2ccc(SCc3c(Cl)cccc3Cl)cc21)NC.CC1CC1. The topological polar surface area (TPSA) is 84.2 Å². The lowest BCUT2D eigenvalue weighted by molar-refractivity contribution is -0.114. The van der Waals surface area contributed by atoms with Gasteiger partial charge in [0.25, 0.3) is 5.91 Å². The number of nitrogens with one attached hydrogen (secondary N) is 2. The first-order valence-corrected chi connectivity index (χ1v) is 13.5. The van der Waals surface area contributed by atoms with Crippen molar-refractivity contribution in [2.75, 3.05) is 12.4 Å². The van der Waals surface area contributed by atoms with E-state index in [-0.39, 0.29) is 5.91 Å². The van der Waals surface area contributed by atoms with Crippen molar-refractivity contribution in [3.8, 4) is 0 Å². The first kappa shape index (κ1) is 27.9. The number of halogens is 2. The Morgan fingerprint density at radius 2 is 1.86 bits per heavy atom. The van der Waals surface area contributed by atoms with Crippen molar-refractivity contribution in [3.05, 3.63) is 86.6 Å². The quantitative estimate of drug-likeness (QED) is 0.200. The molecule has 1 aliphatic carbocycles. The van der Waals surface area contributed by atoms with Crippen molar-refractivity contribution in [3.63, 3.8) is 0 Å². The number of thioether (sulfide) groups is 1. The van der Waals surface area contributed by atoms with Gasteiger partial charge in [0, 0.05) is 50.3 Å². The van der Waals surface area contributed by atoms with Crippen LogP contribution in [0, 0.1) is 5.92 Å². The molecule has 4 N–H and O–H groups in total. The first-order valence-electron chi connectivity index (χ1n) is 11.7. The summed E-state index contributed by atoms with van der Waals surface area (Å²) in [6.07, 6.45) is 6.37. The Kier molecular flexibility index (Phi) is 9.71. The standard InChI is InChI=1S/C24H23Cl2N3O2S.C4H8/c1-4-15(23(27)30)13(2)22(28-3)11-17-16-10-14(8-9-21(16)29-24(17)31)32-12-18-19(25)6-5-7-20(18)26;1-4-2-3-4/h4-11,28H,12H2,1-3H3,(H2,27,30)(H,29,31);4H,2-3H2,1H3/b15-4-,17-11-,22-13-;. The lowest BCUT2D eigenvalue weighted by Gasteiger charge is -2.11. The number of benzene rings is 2. The summed E-state index contributed by atoms with van der Waals surface area (Å²) in [5.74, 6) is 0.948. The van der Waals surface area contributed by atoms with E-state index in [1.165, 1.54) is 12.8 Å². The van der Waals surface area contributed by atoms with Crippen LogP contribution >= 0.6 is 35.0 Å². The summed E-state index contributed by atoms with van der Waals surface area (Å²) in [4.78, 5) is 25.4. The number of carbonyl (C=O) groups excluding carboxylic acids is 2. The number of fused-ring (bicyclic) bond motifs is 1. The Hall–Kier alpha value is -2.67. The summed E-state index contributed by atoms with van der Waals surface area (Å²) in [5.41, 5.74) is 10.1. The van der Waals surface area contributed by atoms with E-state index in [0.29, 0.717) is 38.2 Å². The Labute approximate surface area is 227 Å². The van der Waals surface area contributed by atoms with E-state index >= 15 is 0 Å². The monoisotopic (exact) mass is 543 g/mol. The molecule has 0 unspecified atom stereocenters. The molecule has 0 bridgehead atoms. The fourth-order valence-electron chi connectivity index (χ4n) is 3.59. The second-order valence-corrected chi connectivity index (χ2v) is 10.6. The zero-order valence-electron chi connectivity index (χ0n) is 20.9. The molecule has 36 heavy (non-hydrogen) atoms. The van der Waals surface area contributed by atoms with Gasteiger partial charge in [-0.2, -0.15) is 0 Å². The Bertz CT molecular complexity index is 1240. The van der Waals surface area contributed by atoms with Gasteiger partial charge in [0.15, 0.2) is 0 Å². The van der Waals surface area contributed by atoms with Gasteiger partial charge in [0.05, 0.1) is 5.57 Å². The maximum atomic E-state index is 12.7. The molecule has 1 aliphatic heterocycles. The fraction of sp³-hybridized carbons (Fsp3) is 0.286. The van der Waals surface area contributed by atoms with Crippen LogP contribution in [0.25, 0.3) is 5.57 Å². The van der Waals surface area contributed by atoms with Crippen molar-refractivity contribution < 1.29 is 9.59 Å². The van der Waals surface area contributed by atoms with E-state index in [0.717, 1.165) is 27.6 Å². The second-order valence-electron chi connectivity index (χ2n) is 8.75. The van der Waals surface area contributed by atoms with Crippen LogP contribution in [0.3, 0.4) is 0 Å². The highest BCUT2D eigenvalue weighted by atomic mass is 35.5. The third-order valence-electron chi connectivity index (χ3n) is 6.01. The molecule has 1 saturated carbocycles. The Balaban J connectivity index is 0.000000819. The van der Waals surface area contributed by atoms with Crippen LogP contribution in [0.4, 0.5) is 5.69 Å². The van der Waals surface area contributed by atoms with Gasteiger partial charge in [0.2, 0.25) is 5.91 Å². The van der Waals surface area contributed by atoms with Crippen LogP contribution in [0.1, 0.15) is 44.7 Å². The smallest absolute Gasteiger partial charge is 0.256 e. The average Bonchev–Trinajstić information content (AvgIpc) is 3.56. The van der Waals surface area contributed by atoms with E-state index in [1.807, 2.05) is 36.4 Å². The number of rotatable bonds is 7. The van der Waals surface area contributed by atoms with E-state index in [9.17, 15) is 9.59 Å². The van der Waals surface area contributed by atoms with Crippen LogP contribution in [-0.2, 0) is 15.3 Å². The number of amides is 2. The molecule has 1 heterocycles. The van der Waals surface area contributed by atoms with Gasteiger partial charge in [-0.1, -0.05) is 55.1 Å². The maximum Gasteiger partial charge on any atom is 0.256 e. The first-order chi connectivity index (χ1) is 17.2. The van der Waals surface area contributed by atoms with Gasteiger partial charge in [0.1, 0.15) is 0 Å². The summed E-state index contributed by atoms with van der Waals surface area (Å²) in [6.45, 7) is 5.81. The molecular weight excluding hydrogens is 513 g/mol. The van der Waals surface area contributed by atoms with Crippen LogP contribution in [-0.4, -0.2) is 18.9 Å². The predicted octanol–water partition coefficient (Wildman–Crippen LogP) is 6.96. The minimum absolute atomic E-state index is 0.210. The number of primary amides is 1. The minimum Gasteiger partial charge on any atom is -0.388 e. The van der Waals surface area contributed by atoms with Crippen LogP contribution in [0.5, 0.6) is 0 Å². The van der Waals surface area contributed by atoms with Gasteiger partial charge in [-0.15, -0.1) is 11.8 Å². The molecule has 190 valence electrons. The molecule has 0 aromatic heterocycles. The minimum atomic E-state index is -0.524. The molecule has 0 radical (unpaired) electrons. The largest absolute Gasteiger partial charge is 0.388 e. The van der Waals surface area contributed by atoms with Gasteiger partial charge in [-0.05, 0) is 67.3 Å². The summed E-state index contributed by atoms with van der Waals surface area (Å²) < 4.78 is 0. The maximum absolute atomic E-state index is 12.7. The number of anilines is 1. The van der Waals surface area contributed by atoms with E-state index < -0.39 is 5.91 Å². The highest BCUT2D eigenvalue weighted by Crippen LogP contribution is 2.38. The van der Waals surface area contributed by atoms with Gasteiger partial charge >= 0.3 is 0 Å². The highest BCUT2D eigenvalue weighted by molar-refractivity contribution is 7.98. The number of hydrogen-bond acceptors (Lipinski definition) is 4. The lowest BCUT2D eigenvalue weighted by Crippen LogP contribution is -2.18. The summed E-state index contributed by atoms with van der Waals surface area (Å²) >= 11 is 14.1. The number of hydrogen-bond donors (Lipinski definition) is 3. The normalized spacial score (nSPS) is 16.6. The lowest BCUT2D eigenvalue weighted by atomic mass is 10.0. The third kappa shape index (κ3) is 6.96. The van der Waals surface area contributed by atoms with Gasteiger partial charge in [-0.3, -0.25) is 9.59 Å². The molecule has 8 heteroatoms. The number of carbonyl (C=O) groups is 2. The van der Waals surface area contributed by atoms with E-state index in [4.69, 9.17) is 28.9 Å². The van der Waals surface area contributed by atoms with Crippen molar-refractivity contribution in [2.24, 2.45) is 11.7 Å². The zero-order chi connectivity index (χ0) is 26.4. The molecule has 0 spiro atoms. The second kappa shape index (κ2) is 12.5. The van der Waals surface area contributed by atoms with E-state index in [2.05, 4.69) is 17.6 Å². The number of nitrogens with two attached hydrogens (primary N) is 1. The Morgan fingerprint density at radius 3 is 2.39 bits per heavy atom.